The summed E-state index contributed by atoms with van der Waals surface area (Å²) in [6.45, 7) is 1.66. The van der Waals surface area contributed by atoms with E-state index in [1.54, 1.807) is 20.1 Å². The third-order valence-corrected chi connectivity index (χ3v) is 3.92. The van der Waals surface area contributed by atoms with Gasteiger partial charge in [-0.25, -0.2) is 4.79 Å². The Morgan fingerprint density at radius 2 is 1.91 bits per heavy atom. The van der Waals surface area contributed by atoms with Crippen molar-refractivity contribution in [3.8, 4) is 11.5 Å². The minimum atomic E-state index is -1.25. The molecule has 0 fully saturated rings. The Bertz CT molecular complexity index is 615. The highest BCUT2D eigenvalue weighted by molar-refractivity contribution is 6.32. The van der Waals surface area contributed by atoms with Gasteiger partial charge in [0, 0.05) is 0 Å². The van der Waals surface area contributed by atoms with Gasteiger partial charge < -0.3 is 24.6 Å². The average molecular weight is 323 g/mol. The Morgan fingerprint density at radius 3 is 2.52 bits per heavy atom. The molecule has 1 aromatic carbocycles. The van der Waals surface area contributed by atoms with E-state index in [9.17, 15) is 14.7 Å². The van der Waals surface area contributed by atoms with Crippen LogP contribution in [0.4, 0.5) is 0 Å². The number of ether oxygens (including phenoxy) is 3. The first-order valence-electron chi connectivity index (χ1n) is 7.38. The van der Waals surface area contributed by atoms with E-state index in [1.807, 2.05) is 6.07 Å². The number of methoxy groups -OCH3 is 2. The number of amides is 1. The fourth-order valence-corrected chi connectivity index (χ4v) is 2.72. The van der Waals surface area contributed by atoms with Gasteiger partial charge in [-0.05, 0) is 43.0 Å². The lowest BCUT2D eigenvalue weighted by molar-refractivity contribution is -0.155. The van der Waals surface area contributed by atoms with E-state index in [0.717, 1.165) is 5.56 Å². The minimum absolute atomic E-state index is 0.0763. The number of aliphatic hydroxyl groups is 1. The molecule has 0 aromatic heterocycles. The summed E-state index contributed by atoms with van der Waals surface area (Å²) in [5.74, 6) is -0.731. The fraction of sp³-hybridized carbons (Fsp3) is 0.500. The number of carbonyl (C=O) groups is 2. The van der Waals surface area contributed by atoms with Gasteiger partial charge in [-0.15, -0.1) is 0 Å². The molecule has 0 saturated heterocycles. The Morgan fingerprint density at radius 1 is 1.26 bits per heavy atom. The van der Waals surface area contributed by atoms with Crippen LogP contribution in [0.3, 0.4) is 0 Å². The molecule has 0 radical (unpaired) electrons. The van der Waals surface area contributed by atoms with Crippen molar-refractivity contribution in [3.05, 3.63) is 23.3 Å². The highest BCUT2D eigenvalue weighted by Crippen LogP contribution is 2.42. The van der Waals surface area contributed by atoms with Crippen LogP contribution in [0.5, 0.6) is 11.5 Å². The number of benzene rings is 1. The third kappa shape index (κ3) is 3.39. The van der Waals surface area contributed by atoms with Gasteiger partial charge in [0.25, 0.3) is 0 Å². The largest absolute Gasteiger partial charge is 0.493 e. The summed E-state index contributed by atoms with van der Waals surface area (Å²) in [5, 5.41) is 13.2. The van der Waals surface area contributed by atoms with E-state index in [4.69, 9.17) is 9.47 Å². The topological polar surface area (TPSA) is 94.1 Å². The Hall–Kier alpha value is -2.28. The average Bonchev–Trinajstić information content (AvgIpc) is 2.88. The van der Waals surface area contributed by atoms with Gasteiger partial charge in [0.2, 0.25) is 0 Å². The second-order valence-electron chi connectivity index (χ2n) is 5.30. The molecule has 0 aliphatic heterocycles. The lowest BCUT2D eigenvalue weighted by Gasteiger charge is -2.25. The SMILES string of the molecule is CCOC(=O)C(=O)NCC1(O)CCc2cc(OC)c(OC)cc21. The molecule has 126 valence electrons. The number of fused-ring (bicyclic) bond motifs is 1. The number of carbonyl (C=O) groups excluding carboxylic acids is 2. The molecule has 23 heavy (non-hydrogen) atoms. The summed E-state index contributed by atoms with van der Waals surface area (Å²) < 4.78 is 15.1. The molecule has 0 spiro atoms. The number of aryl methyl sites for hydroxylation is 1. The third-order valence-electron chi connectivity index (χ3n) is 3.92. The molecule has 7 nitrogen and oxygen atoms in total. The van der Waals surface area contributed by atoms with Crippen molar-refractivity contribution >= 4 is 11.9 Å². The molecule has 7 heteroatoms. The molecule has 0 saturated carbocycles. The van der Waals surface area contributed by atoms with Crippen LogP contribution in [0.1, 0.15) is 24.5 Å². The molecule has 2 N–H and O–H groups in total. The van der Waals surface area contributed by atoms with Gasteiger partial charge in [-0.3, -0.25) is 4.79 Å². The number of nitrogens with one attached hydrogen (secondary N) is 1. The highest BCUT2D eigenvalue weighted by atomic mass is 16.5. The number of rotatable bonds is 5. The van der Waals surface area contributed by atoms with Gasteiger partial charge in [0.05, 0.1) is 27.4 Å². The molecule has 1 amide bonds. The molecule has 1 aliphatic carbocycles. The zero-order chi connectivity index (χ0) is 17.0. The first kappa shape index (κ1) is 17.1. The van der Waals surface area contributed by atoms with Crippen molar-refractivity contribution in [2.45, 2.75) is 25.4 Å². The number of hydrogen-bond donors (Lipinski definition) is 2. The van der Waals surface area contributed by atoms with E-state index < -0.39 is 17.5 Å². The maximum Gasteiger partial charge on any atom is 0.396 e. The van der Waals surface area contributed by atoms with E-state index >= 15 is 0 Å². The normalized spacial score (nSPS) is 19.0. The van der Waals surface area contributed by atoms with E-state index in [1.165, 1.54) is 7.11 Å². The summed E-state index contributed by atoms with van der Waals surface area (Å²) in [6.07, 6.45) is 1.07. The molecule has 1 unspecified atom stereocenters. The van der Waals surface area contributed by atoms with Crippen molar-refractivity contribution in [2.75, 3.05) is 27.4 Å². The van der Waals surface area contributed by atoms with E-state index in [-0.39, 0.29) is 13.2 Å². The van der Waals surface area contributed by atoms with Crippen LogP contribution in [-0.4, -0.2) is 44.4 Å². The maximum atomic E-state index is 11.6. The molecule has 0 bridgehead atoms. The minimum Gasteiger partial charge on any atom is -0.493 e. The molecular formula is C16H21NO6. The standard InChI is InChI=1S/C16H21NO6/c1-4-23-15(19)14(18)17-9-16(20)6-5-10-7-12(21-2)13(22-3)8-11(10)16/h7-8,20H,4-6,9H2,1-3H3,(H,17,18). The van der Waals surface area contributed by atoms with Crippen molar-refractivity contribution < 1.29 is 28.9 Å². The Kier molecular flexibility index (Phi) is 5.10. The van der Waals surface area contributed by atoms with Gasteiger partial charge in [0.15, 0.2) is 11.5 Å². The first-order valence-corrected chi connectivity index (χ1v) is 7.38. The van der Waals surface area contributed by atoms with E-state index in [2.05, 4.69) is 10.1 Å². The molecule has 1 aromatic rings. The Balaban J connectivity index is 2.17. The van der Waals surface area contributed by atoms with E-state index in [0.29, 0.717) is 29.9 Å². The van der Waals surface area contributed by atoms with Crippen LogP contribution < -0.4 is 14.8 Å². The summed E-state index contributed by atoms with van der Waals surface area (Å²) in [6, 6.07) is 3.52. The van der Waals surface area contributed by atoms with Crippen molar-refractivity contribution in [1.82, 2.24) is 5.32 Å². The zero-order valence-electron chi connectivity index (χ0n) is 13.5. The highest BCUT2D eigenvalue weighted by Gasteiger charge is 2.38. The predicted molar refractivity (Wildman–Crippen MR) is 81.4 cm³/mol. The summed E-state index contributed by atoms with van der Waals surface area (Å²) in [4.78, 5) is 23.0. The molecule has 0 heterocycles. The van der Waals surface area contributed by atoms with Gasteiger partial charge in [0.1, 0.15) is 5.60 Å². The molecular weight excluding hydrogens is 302 g/mol. The van der Waals surface area contributed by atoms with Crippen LogP contribution in [-0.2, 0) is 26.3 Å². The van der Waals surface area contributed by atoms with Crippen molar-refractivity contribution in [1.29, 1.82) is 0 Å². The van der Waals surface area contributed by atoms with Gasteiger partial charge >= 0.3 is 11.9 Å². The quantitative estimate of drug-likeness (QED) is 0.606. The monoisotopic (exact) mass is 323 g/mol. The molecule has 1 aliphatic rings. The summed E-state index contributed by atoms with van der Waals surface area (Å²) in [7, 11) is 3.06. The molecule has 2 rings (SSSR count). The smallest absolute Gasteiger partial charge is 0.396 e. The second-order valence-corrected chi connectivity index (χ2v) is 5.30. The predicted octanol–water partition coefficient (Wildman–Crippen LogP) is 0.517. The van der Waals surface area contributed by atoms with Crippen LogP contribution in [0.15, 0.2) is 12.1 Å². The van der Waals surface area contributed by atoms with Crippen LogP contribution in [0, 0.1) is 0 Å². The number of hydrogen-bond acceptors (Lipinski definition) is 6. The summed E-state index contributed by atoms with van der Waals surface area (Å²) in [5.41, 5.74) is 0.340. The fourth-order valence-electron chi connectivity index (χ4n) is 2.72. The Labute approximate surface area is 134 Å². The number of esters is 1. The summed E-state index contributed by atoms with van der Waals surface area (Å²) >= 11 is 0. The van der Waals surface area contributed by atoms with Gasteiger partial charge in [-0.2, -0.15) is 0 Å². The lowest BCUT2D eigenvalue weighted by atomic mass is 9.95. The second kappa shape index (κ2) is 6.87. The zero-order valence-corrected chi connectivity index (χ0v) is 13.5. The lowest BCUT2D eigenvalue weighted by Crippen LogP contribution is -2.42. The van der Waals surface area contributed by atoms with Crippen LogP contribution >= 0.6 is 0 Å². The first-order chi connectivity index (χ1) is 10.9. The van der Waals surface area contributed by atoms with Crippen molar-refractivity contribution in [3.63, 3.8) is 0 Å². The maximum absolute atomic E-state index is 11.6. The van der Waals surface area contributed by atoms with Crippen LogP contribution in [0.2, 0.25) is 0 Å². The van der Waals surface area contributed by atoms with Crippen LogP contribution in [0.25, 0.3) is 0 Å². The van der Waals surface area contributed by atoms with Gasteiger partial charge in [-0.1, -0.05) is 0 Å². The van der Waals surface area contributed by atoms with Crippen molar-refractivity contribution in [2.24, 2.45) is 0 Å². The molecule has 1 atom stereocenters.